The third kappa shape index (κ3) is 1090. The van der Waals surface area contributed by atoms with Crippen LogP contribution in [-0.4, -0.2) is 1500 Å². The van der Waals surface area contributed by atoms with Crippen molar-refractivity contribution in [3.8, 4) is 0 Å². The Kier molecular flexibility index (Phi) is 3580. The molecule has 0 aromatic rings. The van der Waals surface area contributed by atoms with Crippen LogP contribution in [0.3, 0.4) is 0 Å². The van der Waals surface area contributed by atoms with E-state index >= 15 is 0 Å². The zero-order valence-corrected chi connectivity index (χ0v) is 140. The molecule has 0 bridgehead atoms. The predicted octanol–water partition coefficient (Wildman–Crippen LogP) is -21.9. The molecule has 12 N–H and O–H groups in total. The van der Waals surface area contributed by atoms with Gasteiger partial charge in [0.2, 0.25) is 0 Å². The molecule has 79 heteroatoms. The zero-order chi connectivity index (χ0) is 21.5. The minimum absolute atomic E-state index is 0. The van der Waals surface area contributed by atoms with E-state index < -0.39 is 36.9 Å². The van der Waals surface area contributed by atoms with Gasteiger partial charge >= 0.3 is 1440 Å². The Morgan fingerprint density at radius 3 is 0.0824 bits per heavy atom. The number of rotatable bonds is 0. The average Bonchev–Trinajstić information content (AvgIpc) is 2.08. The molecule has 0 rings (SSSR count). The second kappa shape index (κ2) is 545. The molecule has 0 unspecified atom stereocenters. The molecule has 85 heavy (non-hydrogen) atoms. The van der Waals surface area contributed by atoms with Crippen LogP contribution in [0, 0.1) is 0 Å². The van der Waals surface area contributed by atoms with Gasteiger partial charge in [-0.2, -0.15) is 0 Å². The molecule has 0 saturated heterocycles. The third-order valence-corrected chi connectivity index (χ3v) is 0. The number of hydrogen-bond donors (Lipinski definition) is 12. The van der Waals surface area contributed by atoms with E-state index in [0.29, 0.717) is 0 Å². The molecule has 0 aliphatic rings. The van der Waals surface area contributed by atoms with Crippen LogP contribution >= 0.6 is 0 Å². The van der Waals surface area contributed by atoms with Gasteiger partial charge in [-0.25, -0.2) is 28.8 Å². The summed E-state index contributed by atoms with van der Waals surface area (Å²) < 4.78 is 0. The Bertz CT molecular complexity index is 324. The van der Waals surface area contributed by atoms with Gasteiger partial charge in [0, 0.05) is 0 Å². The van der Waals surface area contributed by atoms with E-state index in [0.717, 1.165) is 0 Å². The monoisotopic (exact) mass is 1840 g/mol. The van der Waals surface area contributed by atoms with Crippen molar-refractivity contribution in [1.82, 2.24) is 0 Å². The zero-order valence-electron chi connectivity index (χ0n) is 53.9. The summed E-state index contributed by atoms with van der Waals surface area (Å²) in [5.41, 5.74) is 0. The van der Waals surface area contributed by atoms with Gasteiger partial charge in [-0.15, -0.1) is 0 Å². The summed E-state index contributed by atoms with van der Waals surface area (Å²) in [6, 6.07) is 0. The first-order chi connectivity index (χ1) is 10.4. The van der Waals surface area contributed by atoms with Crippen molar-refractivity contribution in [1.29, 1.82) is 0 Å². The van der Waals surface area contributed by atoms with Crippen LogP contribution < -0.4 is 0 Å². The van der Waals surface area contributed by atoms with Crippen LogP contribution in [0.4, 0.5) is 28.8 Å². The van der Waals surface area contributed by atoms with Crippen LogP contribution in [0.15, 0.2) is 0 Å². The third-order valence-electron chi connectivity index (χ3n) is 0. The topological polar surface area (TPSA) is 345 Å². The normalized spacial score (nSPS) is 1.69. The predicted molar refractivity (Wildman–Crippen MR) is 415 cm³/mol. The van der Waals surface area contributed by atoms with Crippen LogP contribution in [0.2, 0.25) is 0 Å². The first-order valence-corrected chi connectivity index (χ1v) is 3.91. The molecule has 0 aliphatic heterocycles. The van der Waals surface area contributed by atoms with Gasteiger partial charge in [-0.3, -0.25) is 0 Å². The molecular weight excluding hydrogens is 1840 g/mol. The van der Waals surface area contributed by atoms with Gasteiger partial charge in [-0.05, 0) is 0 Å². The number of carboxylic acid groups (broad SMARTS) is 12. The van der Waals surface area contributed by atoms with Crippen molar-refractivity contribution < 1.29 is 90.0 Å². The molecule has 0 amide bonds. The molecule has 0 spiro atoms. The van der Waals surface area contributed by atoms with Gasteiger partial charge in [0.1, 0.15) is 0 Å². The van der Waals surface area contributed by atoms with Crippen molar-refractivity contribution in [2.75, 3.05) is 0 Å². The van der Waals surface area contributed by atoms with E-state index in [1.54, 1.807) is 0 Å². The summed E-state index contributed by atoms with van der Waals surface area (Å²) in [4.78, 5) is 51.3. The largest absolute Gasteiger partial charge is 2.00 e. The summed E-state index contributed by atoms with van der Waals surface area (Å²) in [5, 5.41) is 83.7. The fourth-order valence-electron chi connectivity index (χ4n) is 0. The molecule has 0 aliphatic carbocycles. The van der Waals surface area contributed by atoms with Gasteiger partial charge in [0.15, 0.2) is 0 Å². The van der Waals surface area contributed by atoms with Crippen molar-refractivity contribution >= 4 is 1440 Å². The summed E-state index contributed by atoms with van der Waals surface area (Å²) in [6.07, 6.45) is -11.0. The van der Waals surface area contributed by atoms with Crippen LogP contribution in [-0.2, 0) is 0 Å². The first kappa shape index (κ1) is 558. The summed E-state index contributed by atoms with van der Waals surface area (Å²) in [5.74, 6) is 0. The molecular formula is C6H12Mg61O18+122. The Labute approximate surface area is 1490 Å². The SMILES string of the molecule is O=C(O)O.O=C(O)O.O=C(O)O.O=C(O)O.O=C(O)O.O=C(O)O.[Mg+2].[Mg+2].[Mg+2].[Mg+2].[Mg+2].[Mg+2].[Mg+2].[Mg+2].[Mg+2].[Mg+2].[Mg+2].[Mg+2].[Mg+2].[Mg+2].[Mg+2].[Mg+2].[Mg+2].[Mg+2].[Mg+2].[Mg+2].[Mg+2].[Mg+2].[Mg+2].[Mg+2].[Mg+2].[Mg+2].[Mg+2].[Mg+2].[Mg+2].[Mg+2].[Mg+2].[Mg+2].[Mg+2].[Mg+2].[Mg+2].[Mg+2].[Mg+2].[Mg+2].[Mg+2].[Mg+2].[Mg+2].[Mg+2].[Mg+2].[Mg+2].[Mg+2].[Mg+2].[Mg+2].[Mg+2].[Mg+2].[Mg+2].[Mg+2].[Mg+2].[Mg+2].[Mg+2].[Mg+2].[Mg+2].[Mg+2].[Mg+2].[Mg+2].[Mg+2].[Mg+2]. The average molecular weight is 1850 g/mol. The summed E-state index contributed by atoms with van der Waals surface area (Å²) in [7, 11) is 0. The van der Waals surface area contributed by atoms with Gasteiger partial charge in [0.05, 0.1) is 0 Å². The molecule has 0 atom stereocenters. The standard InChI is InChI=1S/6CH2O3.61Mg/c6*2-1(3)4;;;;;;;;;;;;;;;;;;;;;;;;;;;;;;;;;;;;;;;;;;;;;;;;;;;;;;;;;;;;;/h6*(H2,2,3,4);;;;;;;;;;;;;;;;;;;;;;;;;;;;;;;;;;;;;;;;;;;;;;;;;;;;;;;;;;;;;/q;;;;;;61*+2. The molecule has 0 saturated carbocycles. The van der Waals surface area contributed by atoms with Crippen LogP contribution in [0.5, 0.6) is 0 Å². The maximum Gasteiger partial charge on any atom is 2.00 e. The van der Waals surface area contributed by atoms with Crippen molar-refractivity contribution in [2.24, 2.45) is 0 Å². The van der Waals surface area contributed by atoms with Crippen LogP contribution in [0.25, 0.3) is 0 Å². The van der Waals surface area contributed by atoms with E-state index in [1.165, 1.54) is 0 Å². The van der Waals surface area contributed by atoms with Gasteiger partial charge < -0.3 is 61.3 Å². The molecule has 18 nitrogen and oxygen atoms in total. The van der Waals surface area contributed by atoms with Crippen LogP contribution in [0.1, 0.15) is 0 Å². The maximum atomic E-state index is 8.56. The Balaban J connectivity index is -0.000000000615. The second-order valence-corrected chi connectivity index (χ2v) is 1.70. The van der Waals surface area contributed by atoms with Crippen molar-refractivity contribution in [3.63, 3.8) is 0 Å². The number of hydrogen-bond acceptors (Lipinski definition) is 6. The fourth-order valence-corrected chi connectivity index (χ4v) is 0. The van der Waals surface area contributed by atoms with E-state index in [9.17, 15) is 0 Å². The van der Waals surface area contributed by atoms with E-state index in [4.69, 9.17) is 90.0 Å². The molecule has 144 valence electrons. The molecule has 0 radical (unpaired) electrons. The van der Waals surface area contributed by atoms with Crippen molar-refractivity contribution in [3.05, 3.63) is 0 Å². The van der Waals surface area contributed by atoms with E-state index in [1.807, 2.05) is 0 Å². The van der Waals surface area contributed by atoms with Crippen molar-refractivity contribution in [2.45, 2.75) is 0 Å². The fraction of sp³-hybridized carbons (Fsp3) is 0. The van der Waals surface area contributed by atoms with E-state index in [-0.39, 0.29) is 1410 Å². The minimum atomic E-state index is -1.83. The minimum Gasteiger partial charge on any atom is -0.450 e. The Hall–Kier alpha value is 42.4. The Morgan fingerprint density at radius 1 is 0.0824 bits per heavy atom. The second-order valence-electron chi connectivity index (χ2n) is 1.70. The first-order valence-electron chi connectivity index (χ1n) is 3.91. The smallest absolute Gasteiger partial charge is 0.450 e. The van der Waals surface area contributed by atoms with Gasteiger partial charge in [0.25, 0.3) is 0 Å². The summed E-state index contributed by atoms with van der Waals surface area (Å²) in [6.45, 7) is 0. The molecule has 0 aromatic heterocycles. The maximum absolute atomic E-state index is 8.56. The molecule has 0 fully saturated rings. The van der Waals surface area contributed by atoms with E-state index in [2.05, 4.69) is 0 Å². The quantitative estimate of drug-likeness (QED) is 0.100. The number of carbonyl (C=O) groups is 6. The van der Waals surface area contributed by atoms with Gasteiger partial charge in [-0.1, -0.05) is 0 Å². The summed E-state index contributed by atoms with van der Waals surface area (Å²) >= 11 is 0. The molecule has 0 aromatic carbocycles. The Morgan fingerprint density at radius 2 is 0.0824 bits per heavy atom. The molecule has 0 heterocycles.